The van der Waals surface area contributed by atoms with Crippen molar-refractivity contribution in [3.8, 4) is 46.5 Å². The maximum atomic E-state index is 16.1. The summed E-state index contributed by atoms with van der Waals surface area (Å²) in [5.41, 5.74) is -10.3. The second-order valence-electron chi connectivity index (χ2n) is 9.16. The van der Waals surface area contributed by atoms with Gasteiger partial charge in [0.25, 0.3) is 0 Å². The van der Waals surface area contributed by atoms with Gasteiger partial charge in [-0.25, -0.2) is 4.39 Å². The molecule has 0 N–H and O–H groups in total. The van der Waals surface area contributed by atoms with Crippen molar-refractivity contribution in [2.45, 2.75) is 12.4 Å². The van der Waals surface area contributed by atoms with Crippen LogP contribution in [0.1, 0.15) is 33.4 Å². The molecule has 0 saturated carbocycles. The fourth-order valence-electron chi connectivity index (χ4n) is 5.08. The lowest BCUT2D eigenvalue weighted by Crippen LogP contribution is -2.09. The van der Waals surface area contributed by atoms with Crippen LogP contribution in [0.3, 0.4) is 0 Å². The first-order chi connectivity index (χ1) is 20.2. The summed E-state index contributed by atoms with van der Waals surface area (Å²) in [5, 5.41) is 35.2. The SMILES string of the molecule is N#Cc1ccc(-c2c(C#N)c3c(F)c4c(C#N)c(-c5ccc(C#N)c(C(F)(F)F)c5)c(=O)c4cc3c2=O)cc1C(F)(F)F. The van der Waals surface area contributed by atoms with Crippen molar-refractivity contribution in [1.82, 2.24) is 0 Å². The lowest BCUT2D eigenvalue weighted by molar-refractivity contribution is -0.138. The monoisotopic (exact) mass is 588 g/mol. The Kier molecular flexibility index (Phi) is 6.30. The van der Waals surface area contributed by atoms with Crippen LogP contribution in [0.2, 0.25) is 0 Å². The second kappa shape index (κ2) is 9.51. The van der Waals surface area contributed by atoms with E-state index in [1.807, 2.05) is 0 Å². The average molecular weight is 588 g/mol. The third-order valence-corrected chi connectivity index (χ3v) is 6.90. The van der Waals surface area contributed by atoms with Crippen molar-refractivity contribution in [3.63, 3.8) is 0 Å². The van der Waals surface area contributed by atoms with Crippen LogP contribution in [0.4, 0.5) is 30.7 Å². The average Bonchev–Trinajstić information content (AvgIpc) is 3.42. The van der Waals surface area contributed by atoms with Gasteiger partial charge in [0, 0.05) is 32.7 Å². The minimum absolute atomic E-state index is 0.452. The first-order valence-electron chi connectivity index (χ1n) is 11.7. The van der Waals surface area contributed by atoms with Crippen LogP contribution in [0.5, 0.6) is 0 Å². The molecule has 0 heterocycles. The molecule has 0 fully saturated rings. The smallest absolute Gasteiger partial charge is 0.289 e. The predicted octanol–water partition coefficient (Wildman–Crippen LogP) is 6.59. The molecule has 0 aliphatic heterocycles. The lowest BCUT2D eigenvalue weighted by Gasteiger charge is -2.10. The first kappa shape index (κ1) is 28.5. The van der Waals surface area contributed by atoms with Crippen molar-refractivity contribution >= 4 is 21.5 Å². The Hall–Kier alpha value is -6.05. The van der Waals surface area contributed by atoms with Crippen LogP contribution in [0.25, 0.3) is 43.8 Å². The van der Waals surface area contributed by atoms with E-state index in [9.17, 15) is 46.5 Å². The van der Waals surface area contributed by atoms with Gasteiger partial charge in [-0.05, 0) is 41.5 Å². The third-order valence-electron chi connectivity index (χ3n) is 6.90. The quantitative estimate of drug-likeness (QED) is 0.214. The predicted molar refractivity (Wildman–Crippen MR) is 136 cm³/mol. The van der Waals surface area contributed by atoms with E-state index >= 15 is 4.39 Å². The Morgan fingerprint density at radius 2 is 0.930 bits per heavy atom. The number of halogens is 7. The molecule has 0 spiro atoms. The highest BCUT2D eigenvalue weighted by Gasteiger charge is 2.36. The maximum Gasteiger partial charge on any atom is 0.417 e. The highest BCUT2D eigenvalue weighted by atomic mass is 19.4. The van der Waals surface area contributed by atoms with Gasteiger partial charge in [-0.2, -0.15) is 47.4 Å². The van der Waals surface area contributed by atoms with Gasteiger partial charge in [0.1, 0.15) is 18.0 Å². The Balaban J connectivity index is 1.88. The first-order valence-corrected chi connectivity index (χ1v) is 11.7. The van der Waals surface area contributed by atoms with E-state index < -0.39 is 106 Å². The summed E-state index contributed by atoms with van der Waals surface area (Å²) in [4.78, 5) is 26.8. The maximum absolute atomic E-state index is 16.1. The fourth-order valence-corrected chi connectivity index (χ4v) is 5.08. The van der Waals surface area contributed by atoms with Crippen molar-refractivity contribution in [3.05, 3.63) is 102 Å². The number of rotatable bonds is 2. The highest BCUT2D eigenvalue weighted by Crippen LogP contribution is 2.41. The Morgan fingerprint density at radius 1 is 0.558 bits per heavy atom. The normalized spacial score (nSPS) is 11.7. The van der Waals surface area contributed by atoms with E-state index in [2.05, 4.69) is 0 Å². The minimum Gasteiger partial charge on any atom is -0.289 e. The van der Waals surface area contributed by atoms with E-state index in [1.165, 1.54) is 12.1 Å². The summed E-state index contributed by atoms with van der Waals surface area (Å²) in [6.45, 7) is 0. The van der Waals surface area contributed by atoms with Gasteiger partial charge < -0.3 is 0 Å². The zero-order valence-corrected chi connectivity index (χ0v) is 20.8. The molecule has 0 aromatic heterocycles. The number of hydrogen-bond donors (Lipinski definition) is 0. The minimum atomic E-state index is -5.03. The lowest BCUT2D eigenvalue weighted by atomic mass is 9.97. The zero-order chi connectivity index (χ0) is 31.6. The Morgan fingerprint density at radius 3 is 1.23 bits per heavy atom. The molecule has 6 nitrogen and oxygen atoms in total. The molecule has 5 aromatic carbocycles. The number of fused-ring (bicyclic) bond motifs is 2. The fraction of sp³-hybridized carbons (Fsp3) is 0.0667. The molecule has 5 rings (SSSR count). The van der Waals surface area contributed by atoms with E-state index in [0.29, 0.717) is 12.1 Å². The molecule has 0 radical (unpaired) electrons. The van der Waals surface area contributed by atoms with Crippen molar-refractivity contribution in [2.75, 3.05) is 0 Å². The van der Waals surface area contributed by atoms with Crippen LogP contribution < -0.4 is 10.9 Å². The standard InChI is InChI=1S/C30H7F7N4O2/c31-26-24-16(27(42)22(18(24)10-40)12-1-3-14(8-38)20(5-12)29(32,33)34)7-17-25(26)19(11-41)23(28(17)43)13-2-4-15(9-39)21(6-13)30(35,36)37/h1-7H. The van der Waals surface area contributed by atoms with E-state index in [-0.39, 0.29) is 0 Å². The number of nitriles is 4. The van der Waals surface area contributed by atoms with Crippen molar-refractivity contribution in [2.24, 2.45) is 0 Å². The summed E-state index contributed by atoms with van der Waals surface area (Å²) in [7, 11) is 0. The van der Waals surface area contributed by atoms with Gasteiger partial charge in [-0.3, -0.25) is 9.59 Å². The number of benzene rings is 3. The number of hydrogen-bond acceptors (Lipinski definition) is 6. The number of nitrogens with zero attached hydrogens (tertiary/aromatic N) is 4. The molecule has 0 amide bonds. The Bertz CT molecular complexity index is 2160. The van der Waals surface area contributed by atoms with Gasteiger partial charge in [-0.15, -0.1) is 0 Å². The van der Waals surface area contributed by atoms with Crippen LogP contribution in [-0.2, 0) is 12.4 Å². The topological polar surface area (TPSA) is 129 Å². The van der Waals surface area contributed by atoms with E-state index in [0.717, 1.165) is 30.3 Å². The molecule has 208 valence electrons. The van der Waals surface area contributed by atoms with Gasteiger partial charge in [-0.1, -0.05) is 12.1 Å². The largest absolute Gasteiger partial charge is 0.417 e. The highest BCUT2D eigenvalue weighted by molar-refractivity contribution is 6.10. The second-order valence-corrected chi connectivity index (χ2v) is 9.16. The van der Waals surface area contributed by atoms with E-state index in [4.69, 9.17) is 10.5 Å². The summed E-state index contributed by atoms with van der Waals surface area (Å²) in [5.74, 6) is -1.43. The van der Waals surface area contributed by atoms with Gasteiger partial charge in [0.05, 0.1) is 45.5 Å². The van der Waals surface area contributed by atoms with Crippen molar-refractivity contribution in [1.29, 1.82) is 21.0 Å². The molecule has 0 atom stereocenters. The Labute approximate surface area is 234 Å². The molecule has 0 bridgehead atoms. The van der Waals surface area contributed by atoms with Gasteiger partial charge in [0.15, 0.2) is 10.9 Å². The summed E-state index contributed by atoms with van der Waals surface area (Å²) in [6.07, 6.45) is -10.1. The summed E-state index contributed by atoms with van der Waals surface area (Å²) < 4.78 is 97.6. The van der Waals surface area contributed by atoms with Gasteiger partial charge >= 0.3 is 12.4 Å². The molecule has 43 heavy (non-hydrogen) atoms. The van der Waals surface area contributed by atoms with Crippen LogP contribution in [0, 0.1) is 51.1 Å². The van der Waals surface area contributed by atoms with Gasteiger partial charge in [0.2, 0.25) is 0 Å². The molecule has 13 heteroatoms. The third kappa shape index (κ3) is 4.15. The molecule has 0 unspecified atom stereocenters. The van der Waals surface area contributed by atoms with E-state index in [1.54, 1.807) is 12.1 Å². The van der Waals surface area contributed by atoms with Crippen LogP contribution >= 0.6 is 0 Å². The molecule has 0 aliphatic carbocycles. The van der Waals surface area contributed by atoms with Crippen molar-refractivity contribution < 1.29 is 30.7 Å². The molecular weight excluding hydrogens is 581 g/mol. The number of alkyl halides is 6. The summed E-state index contributed by atoms with van der Waals surface area (Å²) >= 11 is 0. The van der Waals surface area contributed by atoms with Crippen LogP contribution in [-0.4, -0.2) is 0 Å². The molecule has 0 saturated heterocycles. The molecule has 0 aliphatic rings. The zero-order valence-electron chi connectivity index (χ0n) is 20.8. The summed E-state index contributed by atoms with van der Waals surface area (Å²) in [6, 6.07) is 11.1. The van der Waals surface area contributed by atoms with Crippen LogP contribution in [0.15, 0.2) is 52.1 Å². The molecular formula is C30H7F7N4O2. The molecule has 5 aromatic rings.